The highest BCUT2D eigenvalue weighted by atomic mass is 16.5. The first-order chi connectivity index (χ1) is 13.1. The molecule has 0 saturated heterocycles. The van der Waals surface area contributed by atoms with Gasteiger partial charge in [-0.1, -0.05) is 0 Å². The largest absolute Gasteiger partial charge is 0.497 e. The first-order valence-corrected chi connectivity index (χ1v) is 8.98. The van der Waals surface area contributed by atoms with Crippen LogP contribution in [0.15, 0.2) is 54.6 Å². The van der Waals surface area contributed by atoms with Crippen LogP contribution in [-0.2, 0) is 0 Å². The Labute approximate surface area is 158 Å². The molecule has 0 fully saturated rings. The summed E-state index contributed by atoms with van der Waals surface area (Å²) in [6.45, 7) is 1.55. The van der Waals surface area contributed by atoms with Gasteiger partial charge in [0.2, 0.25) is 0 Å². The SMILES string of the molecule is COc1ccc(-c2ccc3[nH]c4cc(OCCN(C)C)ccc4c3n2)cc1. The first kappa shape index (κ1) is 17.4. The van der Waals surface area contributed by atoms with Crippen molar-refractivity contribution in [3.8, 4) is 22.8 Å². The van der Waals surface area contributed by atoms with Crippen molar-refractivity contribution in [1.82, 2.24) is 14.9 Å². The van der Waals surface area contributed by atoms with Gasteiger partial charge < -0.3 is 19.4 Å². The minimum atomic E-state index is 0.665. The predicted octanol–water partition coefficient (Wildman–Crippen LogP) is 4.33. The van der Waals surface area contributed by atoms with Crippen LogP contribution < -0.4 is 9.47 Å². The fourth-order valence-corrected chi connectivity index (χ4v) is 3.10. The number of pyridine rings is 1. The highest BCUT2D eigenvalue weighted by Crippen LogP contribution is 2.30. The van der Waals surface area contributed by atoms with Crippen molar-refractivity contribution in [1.29, 1.82) is 0 Å². The second-order valence-corrected chi connectivity index (χ2v) is 6.81. The van der Waals surface area contributed by atoms with Crippen LogP contribution in [0.2, 0.25) is 0 Å². The third-order valence-corrected chi connectivity index (χ3v) is 4.60. The Balaban J connectivity index is 1.67. The zero-order valence-corrected chi connectivity index (χ0v) is 15.8. The smallest absolute Gasteiger partial charge is 0.121 e. The van der Waals surface area contributed by atoms with Crippen molar-refractivity contribution < 1.29 is 9.47 Å². The standard InChI is InChI=1S/C22H23N3O2/c1-25(2)12-13-27-17-8-9-18-21(14-17)23-20-11-10-19(24-22(18)20)15-4-6-16(26-3)7-5-15/h4-11,14,23H,12-13H2,1-3H3. The molecule has 0 spiro atoms. The van der Waals surface area contributed by atoms with Gasteiger partial charge in [-0.15, -0.1) is 0 Å². The first-order valence-electron chi connectivity index (χ1n) is 8.98. The van der Waals surface area contributed by atoms with E-state index in [1.807, 2.05) is 56.6 Å². The van der Waals surface area contributed by atoms with Gasteiger partial charge in [-0.05, 0) is 62.6 Å². The van der Waals surface area contributed by atoms with E-state index in [1.54, 1.807) is 7.11 Å². The Morgan fingerprint density at radius 3 is 2.44 bits per heavy atom. The van der Waals surface area contributed by atoms with Gasteiger partial charge in [0.15, 0.2) is 0 Å². The Morgan fingerprint density at radius 2 is 1.70 bits per heavy atom. The van der Waals surface area contributed by atoms with Crippen molar-refractivity contribution >= 4 is 21.9 Å². The molecule has 27 heavy (non-hydrogen) atoms. The summed E-state index contributed by atoms with van der Waals surface area (Å²) in [5.41, 5.74) is 5.03. The van der Waals surface area contributed by atoms with E-state index in [1.165, 1.54) is 0 Å². The molecular formula is C22H23N3O2. The van der Waals surface area contributed by atoms with Gasteiger partial charge in [0.25, 0.3) is 0 Å². The summed E-state index contributed by atoms with van der Waals surface area (Å²) >= 11 is 0. The highest BCUT2D eigenvalue weighted by molar-refractivity contribution is 6.05. The van der Waals surface area contributed by atoms with Crippen molar-refractivity contribution in [2.45, 2.75) is 0 Å². The highest BCUT2D eigenvalue weighted by Gasteiger charge is 2.09. The quantitative estimate of drug-likeness (QED) is 0.555. The number of nitrogens with zero attached hydrogens (tertiary/aromatic N) is 2. The van der Waals surface area contributed by atoms with E-state index in [0.717, 1.165) is 51.2 Å². The van der Waals surface area contributed by atoms with Crippen molar-refractivity contribution in [2.75, 3.05) is 34.4 Å². The number of hydrogen-bond donors (Lipinski definition) is 1. The van der Waals surface area contributed by atoms with Crippen molar-refractivity contribution in [3.63, 3.8) is 0 Å². The lowest BCUT2D eigenvalue weighted by Crippen LogP contribution is -2.19. The summed E-state index contributed by atoms with van der Waals surface area (Å²) in [4.78, 5) is 10.4. The van der Waals surface area contributed by atoms with Crippen LogP contribution in [-0.4, -0.2) is 49.2 Å². The molecule has 0 radical (unpaired) electrons. The minimum Gasteiger partial charge on any atom is -0.497 e. The number of likely N-dealkylation sites (N-methyl/N-ethyl adjacent to an activating group) is 1. The molecule has 138 valence electrons. The molecule has 4 rings (SSSR count). The second-order valence-electron chi connectivity index (χ2n) is 6.81. The Morgan fingerprint density at radius 1 is 0.926 bits per heavy atom. The minimum absolute atomic E-state index is 0.665. The van der Waals surface area contributed by atoms with E-state index in [4.69, 9.17) is 14.5 Å². The average molecular weight is 361 g/mol. The van der Waals surface area contributed by atoms with Crippen LogP contribution >= 0.6 is 0 Å². The normalized spacial score (nSPS) is 11.4. The van der Waals surface area contributed by atoms with Crippen molar-refractivity contribution in [3.05, 3.63) is 54.6 Å². The maximum atomic E-state index is 5.84. The van der Waals surface area contributed by atoms with E-state index >= 15 is 0 Å². The Bertz CT molecular complexity index is 1070. The van der Waals surface area contributed by atoms with Gasteiger partial charge in [0, 0.05) is 23.6 Å². The molecule has 0 unspecified atom stereocenters. The molecule has 4 aromatic rings. The molecule has 0 aliphatic rings. The molecule has 5 heteroatoms. The van der Waals surface area contributed by atoms with Crippen LogP contribution in [0.1, 0.15) is 0 Å². The number of hydrogen-bond acceptors (Lipinski definition) is 4. The zero-order valence-electron chi connectivity index (χ0n) is 15.8. The molecule has 5 nitrogen and oxygen atoms in total. The molecule has 0 aliphatic heterocycles. The molecule has 2 aromatic carbocycles. The third kappa shape index (κ3) is 3.59. The monoisotopic (exact) mass is 361 g/mol. The molecule has 0 atom stereocenters. The van der Waals surface area contributed by atoms with Gasteiger partial charge >= 0.3 is 0 Å². The lowest BCUT2D eigenvalue weighted by Gasteiger charge is -2.10. The number of nitrogens with one attached hydrogen (secondary N) is 1. The number of aromatic nitrogens is 2. The molecule has 0 aliphatic carbocycles. The summed E-state index contributed by atoms with van der Waals surface area (Å²) in [5, 5.41) is 1.10. The van der Waals surface area contributed by atoms with E-state index in [0.29, 0.717) is 6.61 Å². The number of rotatable bonds is 6. The van der Waals surface area contributed by atoms with Gasteiger partial charge in [-0.3, -0.25) is 0 Å². The van der Waals surface area contributed by atoms with Crippen molar-refractivity contribution in [2.24, 2.45) is 0 Å². The van der Waals surface area contributed by atoms with E-state index in [2.05, 4.69) is 22.0 Å². The molecule has 0 bridgehead atoms. The zero-order chi connectivity index (χ0) is 18.8. The molecular weight excluding hydrogens is 338 g/mol. The summed E-state index contributed by atoms with van der Waals surface area (Å²) in [7, 11) is 5.75. The van der Waals surface area contributed by atoms with Crippen LogP contribution in [0.4, 0.5) is 0 Å². The topological polar surface area (TPSA) is 50.4 Å². The number of fused-ring (bicyclic) bond motifs is 3. The van der Waals surface area contributed by atoms with E-state index < -0.39 is 0 Å². The third-order valence-electron chi connectivity index (χ3n) is 4.60. The van der Waals surface area contributed by atoms with Gasteiger partial charge in [0.1, 0.15) is 18.1 Å². The molecule has 2 aromatic heterocycles. The summed E-state index contributed by atoms with van der Waals surface area (Å²) in [6, 6.07) is 18.2. The fourth-order valence-electron chi connectivity index (χ4n) is 3.10. The van der Waals surface area contributed by atoms with E-state index in [-0.39, 0.29) is 0 Å². The van der Waals surface area contributed by atoms with Crippen LogP contribution in [0.3, 0.4) is 0 Å². The summed E-state index contributed by atoms with van der Waals surface area (Å²) in [6.07, 6.45) is 0. The van der Waals surface area contributed by atoms with E-state index in [9.17, 15) is 0 Å². The molecule has 0 amide bonds. The number of benzene rings is 2. The molecule has 2 heterocycles. The number of aromatic amines is 1. The summed E-state index contributed by atoms with van der Waals surface area (Å²) in [5.74, 6) is 1.71. The Hall–Kier alpha value is -3.05. The molecule has 1 N–H and O–H groups in total. The van der Waals surface area contributed by atoms with Gasteiger partial charge in [-0.25, -0.2) is 4.98 Å². The van der Waals surface area contributed by atoms with Crippen LogP contribution in [0, 0.1) is 0 Å². The lowest BCUT2D eigenvalue weighted by atomic mass is 10.1. The fraction of sp³-hybridized carbons (Fsp3) is 0.227. The lowest BCUT2D eigenvalue weighted by molar-refractivity contribution is 0.261. The number of methoxy groups -OCH3 is 1. The number of ether oxygens (including phenoxy) is 2. The maximum Gasteiger partial charge on any atom is 0.121 e. The molecule has 0 saturated carbocycles. The van der Waals surface area contributed by atoms with Gasteiger partial charge in [0.05, 0.1) is 29.4 Å². The summed E-state index contributed by atoms with van der Waals surface area (Å²) < 4.78 is 11.1. The van der Waals surface area contributed by atoms with Crippen LogP contribution in [0.5, 0.6) is 11.5 Å². The Kier molecular flexibility index (Phi) is 4.69. The predicted molar refractivity (Wildman–Crippen MR) is 110 cm³/mol. The maximum absolute atomic E-state index is 5.84. The second kappa shape index (κ2) is 7.29. The number of H-pyrrole nitrogens is 1. The van der Waals surface area contributed by atoms with Gasteiger partial charge in [-0.2, -0.15) is 0 Å². The van der Waals surface area contributed by atoms with Crippen LogP contribution in [0.25, 0.3) is 33.2 Å². The average Bonchev–Trinajstić information content (AvgIpc) is 3.04.